The molecule has 0 spiro atoms. The Balaban J connectivity index is 1.71. The Hall–Kier alpha value is -3.13. The second-order valence-corrected chi connectivity index (χ2v) is 9.54. The number of nitrogens with zero attached hydrogens (tertiary/aromatic N) is 1. The van der Waals surface area contributed by atoms with Crippen LogP contribution in [0.25, 0.3) is 11.0 Å². The predicted molar refractivity (Wildman–Crippen MR) is 112 cm³/mol. The van der Waals surface area contributed by atoms with Crippen molar-refractivity contribution < 1.29 is 22.4 Å². The largest absolute Gasteiger partial charge is 0.497 e. The molecule has 8 heteroatoms. The normalized spacial score (nSPS) is 17.7. The molecule has 1 fully saturated rings. The van der Waals surface area contributed by atoms with E-state index in [-0.39, 0.29) is 29.2 Å². The molecule has 4 rings (SSSR count). The van der Waals surface area contributed by atoms with Gasteiger partial charge in [-0.3, -0.25) is 9.59 Å². The molecule has 30 heavy (non-hydrogen) atoms. The number of para-hydroxylation sites is 1. The number of hydrogen-bond donors (Lipinski definition) is 0. The zero-order valence-corrected chi connectivity index (χ0v) is 17.2. The molecule has 2 aromatic carbocycles. The van der Waals surface area contributed by atoms with E-state index in [4.69, 9.17) is 9.15 Å². The number of fused-ring (bicyclic) bond motifs is 1. The predicted octanol–water partition coefficient (Wildman–Crippen LogP) is 2.63. The number of benzene rings is 2. The molecule has 0 aliphatic carbocycles. The summed E-state index contributed by atoms with van der Waals surface area (Å²) in [6, 6.07) is 14.6. The van der Waals surface area contributed by atoms with Gasteiger partial charge in [0.25, 0.3) is 5.91 Å². The monoisotopic (exact) mass is 427 g/mol. The van der Waals surface area contributed by atoms with Crippen LogP contribution in [0.5, 0.6) is 5.75 Å². The van der Waals surface area contributed by atoms with Crippen LogP contribution in [0.2, 0.25) is 0 Å². The van der Waals surface area contributed by atoms with Gasteiger partial charge in [-0.15, -0.1) is 0 Å². The van der Waals surface area contributed by atoms with Crippen LogP contribution in [0.4, 0.5) is 0 Å². The maximum Gasteiger partial charge on any atom is 0.290 e. The van der Waals surface area contributed by atoms with Crippen LogP contribution in [-0.2, 0) is 16.4 Å². The van der Waals surface area contributed by atoms with Gasteiger partial charge in [-0.05, 0) is 36.2 Å². The molecule has 1 atom stereocenters. The minimum Gasteiger partial charge on any atom is -0.497 e. The third-order valence-corrected chi connectivity index (χ3v) is 7.02. The summed E-state index contributed by atoms with van der Waals surface area (Å²) >= 11 is 0. The maximum absolute atomic E-state index is 13.3. The third-order valence-electron chi connectivity index (χ3n) is 5.27. The van der Waals surface area contributed by atoms with E-state index in [0.717, 1.165) is 5.56 Å². The van der Waals surface area contributed by atoms with Crippen molar-refractivity contribution in [1.82, 2.24) is 4.90 Å². The Morgan fingerprint density at radius 2 is 1.90 bits per heavy atom. The first-order valence-electron chi connectivity index (χ1n) is 9.53. The van der Waals surface area contributed by atoms with Crippen molar-refractivity contribution in [3.8, 4) is 5.75 Å². The van der Waals surface area contributed by atoms with Gasteiger partial charge >= 0.3 is 0 Å². The highest BCUT2D eigenvalue weighted by Crippen LogP contribution is 2.24. The third kappa shape index (κ3) is 4.09. The highest BCUT2D eigenvalue weighted by molar-refractivity contribution is 7.91. The lowest BCUT2D eigenvalue weighted by Crippen LogP contribution is -2.40. The number of amides is 1. The summed E-state index contributed by atoms with van der Waals surface area (Å²) < 4.78 is 35.0. The van der Waals surface area contributed by atoms with E-state index in [0.29, 0.717) is 23.1 Å². The number of hydrogen-bond acceptors (Lipinski definition) is 6. The van der Waals surface area contributed by atoms with Crippen LogP contribution < -0.4 is 10.2 Å². The fraction of sp³-hybridized carbons (Fsp3) is 0.273. The minimum atomic E-state index is -3.21. The highest BCUT2D eigenvalue weighted by atomic mass is 32.2. The molecule has 0 radical (unpaired) electrons. The van der Waals surface area contributed by atoms with E-state index in [1.807, 2.05) is 12.1 Å². The molecule has 2 heterocycles. The van der Waals surface area contributed by atoms with Crippen LogP contribution in [0.15, 0.2) is 63.8 Å². The molecule has 0 N–H and O–H groups in total. The summed E-state index contributed by atoms with van der Waals surface area (Å²) in [5.74, 6) is 0.00574. The lowest BCUT2D eigenvalue weighted by atomic mass is 10.1. The maximum atomic E-state index is 13.3. The summed E-state index contributed by atoms with van der Waals surface area (Å²) in [5, 5.41) is 0.388. The Labute approximate surface area is 173 Å². The molecular formula is C22H21NO6S. The zero-order chi connectivity index (χ0) is 21.3. The summed E-state index contributed by atoms with van der Waals surface area (Å²) in [6.45, 7) is 0.194. The van der Waals surface area contributed by atoms with Gasteiger partial charge in [-0.2, -0.15) is 0 Å². The van der Waals surface area contributed by atoms with Gasteiger partial charge in [0.05, 0.1) is 24.0 Å². The van der Waals surface area contributed by atoms with Gasteiger partial charge in [0.1, 0.15) is 11.3 Å². The number of sulfone groups is 1. The van der Waals surface area contributed by atoms with Crippen molar-refractivity contribution >= 4 is 26.7 Å². The quantitative estimate of drug-likeness (QED) is 0.621. The molecule has 1 aliphatic rings. The Morgan fingerprint density at radius 1 is 1.17 bits per heavy atom. The van der Waals surface area contributed by atoms with E-state index < -0.39 is 21.8 Å². The van der Waals surface area contributed by atoms with Crippen LogP contribution in [-0.4, -0.2) is 43.9 Å². The van der Waals surface area contributed by atoms with E-state index in [1.165, 1.54) is 11.0 Å². The molecule has 3 aromatic rings. The van der Waals surface area contributed by atoms with Gasteiger partial charge in [-0.1, -0.05) is 24.3 Å². The molecule has 0 bridgehead atoms. The first-order chi connectivity index (χ1) is 14.4. The van der Waals surface area contributed by atoms with Gasteiger partial charge in [0, 0.05) is 18.7 Å². The van der Waals surface area contributed by atoms with Crippen molar-refractivity contribution in [3.05, 3.63) is 76.1 Å². The number of rotatable bonds is 5. The van der Waals surface area contributed by atoms with E-state index >= 15 is 0 Å². The van der Waals surface area contributed by atoms with Crippen molar-refractivity contribution in [2.45, 2.75) is 19.0 Å². The minimum absolute atomic E-state index is 0.0335. The summed E-state index contributed by atoms with van der Waals surface area (Å²) in [5.41, 5.74) is 0.817. The molecule has 1 amide bonds. The smallest absolute Gasteiger partial charge is 0.290 e. The first kappa shape index (κ1) is 20.2. The van der Waals surface area contributed by atoms with Crippen LogP contribution in [0.3, 0.4) is 0 Å². The van der Waals surface area contributed by atoms with Crippen LogP contribution in [0.1, 0.15) is 22.5 Å². The molecule has 1 saturated heterocycles. The number of carbonyl (C=O) groups is 1. The molecule has 156 valence electrons. The average molecular weight is 427 g/mol. The highest BCUT2D eigenvalue weighted by Gasteiger charge is 2.36. The van der Waals surface area contributed by atoms with Gasteiger partial charge in [0.15, 0.2) is 21.0 Å². The van der Waals surface area contributed by atoms with E-state index in [1.54, 1.807) is 43.5 Å². The summed E-state index contributed by atoms with van der Waals surface area (Å²) in [7, 11) is -1.64. The SMILES string of the molecule is COc1ccc(CN(C(=O)c2cc(=O)c3ccccc3o2)[C@H]2CCS(=O)(=O)C2)cc1. The Bertz CT molecular complexity index is 1250. The van der Waals surface area contributed by atoms with Gasteiger partial charge < -0.3 is 14.1 Å². The average Bonchev–Trinajstić information content (AvgIpc) is 3.11. The molecule has 7 nitrogen and oxygen atoms in total. The number of ether oxygens (including phenoxy) is 1. The molecule has 0 saturated carbocycles. The van der Waals surface area contributed by atoms with E-state index in [9.17, 15) is 18.0 Å². The van der Waals surface area contributed by atoms with Crippen molar-refractivity contribution in [2.24, 2.45) is 0 Å². The van der Waals surface area contributed by atoms with Crippen molar-refractivity contribution in [2.75, 3.05) is 18.6 Å². The molecule has 1 aliphatic heterocycles. The summed E-state index contributed by atoms with van der Waals surface area (Å²) in [4.78, 5) is 27.3. The first-order valence-corrected chi connectivity index (χ1v) is 11.4. The molecule has 0 unspecified atom stereocenters. The van der Waals surface area contributed by atoms with Crippen LogP contribution in [0, 0.1) is 0 Å². The summed E-state index contributed by atoms with van der Waals surface area (Å²) in [6.07, 6.45) is 0.349. The van der Waals surface area contributed by atoms with Crippen molar-refractivity contribution in [1.29, 1.82) is 0 Å². The standard InChI is InChI=1S/C22H21NO6S/c1-28-17-8-6-15(7-9-17)13-23(16-10-11-30(26,27)14-16)22(25)21-12-19(24)18-4-2-3-5-20(18)29-21/h2-9,12,16H,10-11,13-14H2,1H3/t16-/m0/s1. The van der Waals surface area contributed by atoms with E-state index in [2.05, 4.69) is 0 Å². The Kier molecular flexibility index (Phi) is 5.34. The number of methoxy groups -OCH3 is 1. The molecular weight excluding hydrogens is 406 g/mol. The second kappa shape index (κ2) is 7.95. The van der Waals surface area contributed by atoms with Gasteiger partial charge in [0.2, 0.25) is 0 Å². The topological polar surface area (TPSA) is 93.9 Å². The van der Waals surface area contributed by atoms with Gasteiger partial charge in [-0.25, -0.2) is 8.42 Å². The second-order valence-electron chi connectivity index (χ2n) is 7.31. The lowest BCUT2D eigenvalue weighted by molar-refractivity contribution is 0.0648. The number of carbonyl (C=O) groups excluding carboxylic acids is 1. The lowest BCUT2D eigenvalue weighted by Gasteiger charge is -2.28. The van der Waals surface area contributed by atoms with Crippen LogP contribution >= 0.6 is 0 Å². The fourth-order valence-electron chi connectivity index (χ4n) is 3.67. The zero-order valence-electron chi connectivity index (χ0n) is 16.4. The van der Waals surface area contributed by atoms with Crippen molar-refractivity contribution in [3.63, 3.8) is 0 Å². The Morgan fingerprint density at radius 3 is 2.57 bits per heavy atom. The fourth-order valence-corrected chi connectivity index (χ4v) is 5.40. The molecule has 1 aromatic heterocycles.